The molecule has 0 aliphatic carbocycles. The fourth-order valence-corrected chi connectivity index (χ4v) is 2.03. The molecule has 0 heterocycles. The van der Waals surface area contributed by atoms with Gasteiger partial charge in [-0.1, -0.05) is 12.1 Å². The van der Waals surface area contributed by atoms with E-state index in [2.05, 4.69) is 56.7 Å². The summed E-state index contributed by atoms with van der Waals surface area (Å²) in [5.74, 6) is 0. The Morgan fingerprint density at radius 1 is 1.58 bits per heavy atom. The standard InChI is InChI=1S/C9H11BrIN/c1-6(12)5-7-3-2-4-8(11)9(7)10/h2-4,6H,5,12H2,1H3/t6-/m0/s1. The van der Waals surface area contributed by atoms with Gasteiger partial charge in [-0.05, 0) is 63.5 Å². The second-order valence-corrected chi connectivity index (χ2v) is 4.85. The summed E-state index contributed by atoms with van der Waals surface area (Å²) in [5, 5.41) is 0. The van der Waals surface area contributed by atoms with Gasteiger partial charge >= 0.3 is 0 Å². The van der Waals surface area contributed by atoms with Gasteiger partial charge < -0.3 is 5.73 Å². The van der Waals surface area contributed by atoms with Gasteiger partial charge in [-0.2, -0.15) is 0 Å². The average Bonchev–Trinajstić information content (AvgIpc) is 1.98. The predicted octanol–water partition coefficient (Wildman–Crippen LogP) is 2.94. The second kappa shape index (κ2) is 4.58. The third-order valence-corrected chi connectivity index (χ3v) is 4.15. The lowest BCUT2D eigenvalue weighted by atomic mass is 10.1. The Hall–Kier alpha value is 0.390. The molecule has 0 bridgehead atoms. The molecule has 0 spiro atoms. The van der Waals surface area contributed by atoms with E-state index in [1.165, 1.54) is 13.6 Å². The molecule has 1 atom stereocenters. The van der Waals surface area contributed by atoms with Crippen molar-refractivity contribution >= 4 is 38.5 Å². The first-order valence-electron chi connectivity index (χ1n) is 3.79. The van der Waals surface area contributed by atoms with Crippen LogP contribution in [0, 0.1) is 3.57 Å². The molecule has 2 N–H and O–H groups in total. The van der Waals surface area contributed by atoms with E-state index in [9.17, 15) is 0 Å². The molecule has 0 saturated heterocycles. The summed E-state index contributed by atoms with van der Waals surface area (Å²) in [6.07, 6.45) is 0.928. The number of hydrogen-bond donors (Lipinski definition) is 1. The van der Waals surface area contributed by atoms with Crippen molar-refractivity contribution in [2.45, 2.75) is 19.4 Å². The fourth-order valence-electron chi connectivity index (χ4n) is 1.05. The van der Waals surface area contributed by atoms with Crippen LogP contribution in [-0.4, -0.2) is 6.04 Å². The monoisotopic (exact) mass is 339 g/mol. The molecule has 0 aromatic heterocycles. The minimum absolute atomic E-state index is 0.222. The summed E-state index contributed by atoms with van der Waals surface area (Å²) in [6.45, 7) is 2.02. The van der Waals surface area contributed by atoms with E-state index in [0.29, 0.717) is 0 Å². The van der Waals surface area contributed by atoms with Crippen LogP contribution >= 0.6 is 38.5 Å². The lowest BCUT2D eigenvalue weighted by Gasteiger charge is -2.08. The van der Waals surface area contributed by atoms with Crippen LogP contribution in [0.3, 0.4) is 0 Å². The van der Waals surface area contributed by atoms with Crippen molar-refractivity contribution in [1.82, 2.24) is 0 Å². The molecule has 0 unspecified atom stereocenters. The molecule has 0 aliphatic rings. The molecule has 0 amide bonds. The molecular formula is C9H11BrIN. The van der Waals surface area contributed by atoms with Crippen LogP contribution < -0.4 is 5.73 Å². The Balaban J connectivity index is 2.92. The zero-order chi connectivity index (χ0) is 9.14. The van der Waals surface area contributed by atoms with Crippen molar-refractivity contribution in [3.63, 3.8) is 0 Å². The highest BCUT2D eigenvalue weighted by Crippen LogP contribution is 2.23. The SMILES string of the molecule is C[C@H](N)Cc1cccc(I)c1Br. The molecule has 0 saturated carbocycles. The number of halogens is 2. The Morgan fingerprint density at radius 3 is 2.83 bits per heavy atom. The summed E-state index contributed by atoms with van der Waals surface area (Å²) in [7, 11) is 0. The summed E-state index contributed by atoms with van der Waals surface area (Å²) >= 11 is 5.85. The number of rotatable bonds is 2. The molecule has 3 heteroatoms. The van der Waals surface area contributed by atoms with Crippen molar-refractivity contribution in [1.29, 1.82) is 0 Å². The fraction of sp³-hybridized carbons (Fsp3) is 0.333. The van der Waals surface area contributed by atoms with Crippen LogP contribution in [0.15, 0.2) is 22.7 Å². The molecule has 0 radical (unpaired) electrons. The first-order valence-corrected chi connectivity index (χ1v) is 5.67. The number of nitrogens with two attached hydrogens (primary N) is 1. The molecule has 1 aromatic carbocycles. The van der Waals surface area contributed by atoms with E-state index >= 15 is 0 Å². The van der Waals surface area contributed by atoms with E-state index < -0.39 is 0 Å². The number of hydrogen-bond acceptors (Lipinski definition) is 1. The minimum atomic E-state index is 0.222. The van der Waals surface area contributed by atoms with Crippen molar-refractivity contribution in [2.24, 2.45) is 5.73 Å². The van der Waals surface area contributed by atoms with Crippen LogP contribution in [0.5, 0.6) is 0 Å². The molecule has 1 aromatic rings. The molecule has 1 rings (SSSR count). The third kappa shape index (κ3) is 2.71. The molecular weight excluding hydrogens is 329 g/mol. The highest BCUT2D eigenvalue weighted by molar-refractivity contribution is 14.1. The van der Waals surface area contributed by atoms with E-state index in [-0.39, 0.29) is 6.04 Å². The van der Waals surface area contributed by atoms with Crippen LogP contribution in [0.2, 0.25) is 0 Å². The highest BCUT2D eigenvalue weighted by atomic mass is 127. The molecule has 0 aliphatic heterocycles. The van der Waals surface area contributed by atoms with Crippen molar-refractivity contribution in [3.8, 4) is 0 Å². The van der Waals surface area contributed by atoms with Crippen LogP contribution in [0.1, 0.15) is 12.5 Å². The van der Waals surface area contributed by atoms with Crippen molar-refractivity contribution in [2.75, 3.05) is 0 Å². The maximum atomic E-state index is 5.72. The normalized spacial score (nSPS) is 13.0. The Bertz CT molecular complexity index is 273. The van der Waals surface area contributed by atoms with Gasteiger partial charge in [0.15, 0.2) is 0 Å². The van der Waals surface area contributed by atoms with E-state index in [4.69, 9.17) is 5.73 Å². The zero-order valence-corrected chi connectivity index (χ0v) is 10.6. The van der Waals surface area contributed by atoms with Gasteiger partial charge in [0.05, 0.1) is 0 Å². The van der Waals surface area contributed by atoms with Gasteiger partial charge in [0.2, 0.25) is 0 Å². The zero-order valence-electron chi connectivity index (χ0n) is 6.85. The maximum absolute atomic E-state index is 5.72. The summed E-state index contributed by atoms with van der Waals surface area (Å²) < 4.78 is 2.42. The van der Waals surface area contributed by atoms with Crippen LogP contribution in [0.25, 0.3) is 0 Å². The van der Waals surface area contributed by atoms with Gasteiger partial charge in [-0.3, -0.25) is 0 Å². The molecule has 12 heavy (non-hydrogen) atoms. The topological polar surface area (TPSA) is 26.0 Å². The Morgan fingerprint density at radius 2 is 2.25 bits per heavy atom. The van der Waals surface area contributed by atoms with Gasteiger partial charge in [-0.15, -0.1) is 0 Å². The van der Waals surface area contributed by atoms with Crippen molar-refractivity contribution < 1.29 is 0 Å². The summed E-state index contributed by atoms with van der Waals surface area (Å²) in [6, 6.07) is 6.47. The van der Waals surface area contributed by atoms with Crippen LogP contribution in [0.4, 0.5) is 0 Å². The molecule has 0 fully saturated rings. The quantitative estimate of drug-likeness (QED) is 0.824. The lowest BCUT2D eigenvalue weighted by molar-refractivity contribution is 0.735. The lowest BCUT2D eigenvalue weighted by Crippen LogP contribution is -2.18. The number of benzene rings is 1. The van der Waals surface area contributed by atoms with Crippen molar-refractivity contribution in [3.05, 3.63) is 31.8 Å². The minimum Gasteiger partial charge on any atom is -0.328 e. The molecule has 1 nitrogen and oxygen atoms in total. The smallest absolute Gasteiger partial charge is 0.0341 e. The van der Waals surface area contributed by atoms with Gasteiger partial charge in [-0.25, -0.2) is 0 Å². The summed E-state index contributed by atoms with van der Waals surface area (Å²) in [4.78, 5) is 0. The van der Waals surface area contributed by atoms with Gasteiger partial charge in [0.1, 0.15) is 0 Å². The highest BCUT2D eigenvalue weighted by Gasteiger charge is 2.04. The Kier molecular flexibility index (Phi) is 3.99. The third-order valence-electron chi connectivity index (χ3n) is 1.57. The van der Waals surface area contributed by atoms with Crippen LogP contribution in [-0.2, 0) is 6.42 Å². The predicted molar refractivity (Wildman–Crippen MR) is 64.2 cm³/mol. The van der Waals surface area contributed by atoms with E-state index in [0.717, 1.165) is 6.42 Å². The summed E-state index contributed by atoms with van der Waals surface area (Å²) in [5.41, 5.74) is 7.01. The largest absolute Gasteiger partial charge is 0.328 e. The Labute approximate surface area is 95.0 Å². The first-order chi connectivity index (χ1) is 5.61. The first kappa shape index (κ1) is 10.5. The van der Waals surface area contributed by atoms with Gasteiger partial charge in [0.25, 0.3) is 0 Å². The van der Waals surface area contributed by atoms with E-state index in [1.54, 1.807) is 0 Å². The maximum Gasteiger partial charge on any atom is 0.0341 e. The van der Waals surface area contributed by atoms with Gasteiger partial charge in [0, 0.05) is 14.1 Å². The average molecular weight is 340 g/mol. The second-order valence-electron chi connectivity index (χ2n) is 2.89. The van der Waals surface area contributed by atoms with E-state index in [1.807, 2.05) is 6.92 Å². The molecule has 66 valence electrons.